The molecule has 1 heterocycles. The topological polar surface area (TPSA) is 51.1 Å². The van der Waals surface area contributed by atoms with Crippen molar-refractivity contribution < 1.29 is 18.0 Å². The van der Waals surface area contributed by atoms with Crippen molar-refractivity contribution in [2.45, 2.75) is 46.0 Å². The predicted molar refractivity (Wildman–Crippen MR) is 68.4 cm³/mol. The molecule has 1 aromatic rings. The Balaban J connectivity index is 3.15. The SMILES string of the molecule is CCc1cc(C(F)(F)F)cc(=O)n1CC(C)NC(C)=O. The van der Waals surface area contributed by atoms with Crippen molar-refractivity contribution in [2.75, 3.05) is 0 Å². The predicted octanol–water partition coefficient (Wildman–Crippen LogP) is 1.95. The lowest BCUT2D eigenvalue weighted by molar-refractivity contribution is -0.137. The van der Waals surface area contributed by atoms with Gasteiger partial charge in [-0.25, -0.2) is 0 Å². The molecule has 1 amide bonds. The number of pyridine rings is 1. The second-order valence-corrected chi connectivity index (χ2v) is 4.64. The van der Waals surface area contributed by atoms with Gasteiger partial charge < -0.3 is 9.88 Å². The molecule has 7 heteroatoms. The molecule has 0 fully saturated rings. The summed E-state index contributed by atoms with van der Waals surface area (Å²) in [4.78, 5) is 22.8. The highest BCUT2D eigenvalue weighted by Gasteiger charge is 2.31. The maximum Gasteiger partial charge on any atom is 0.416 e. The van der Waals surface area contributed by atoms with Crippen LogP contribution in [0.25, 0.3) is 0 Å². The van der Waals surface area contributed by atoms with E-state index in [1.54, 1.807) is 13.8 Å². The Morgan fingerprint density at radius 3 is 2.45 bits per heavy atom. The number of carbonyl (C=O) groups excluding carboxylic acids is 1. The number of aromatic nitrogens is 1. The number of amides is 1. The minimum atomic E-state index is -4.54. The van der Waals surface area contributed by atoms with Crippen LogP contribution in [-0.4, -0.2) is 16.5 Å². The first-order chi connectivity index (χ1) is 9.15. The van der Waals surface area contributed by atoms with Crippen LogP contribution in [0.4, 0.5) is 13.2 Å². The lowest BCUT2D eigenvalue weighted by Crippen LogP contribution is -2.38. The Hall–Kier alpha value is -1.79. The molecule has 0 bridgehead atoms. The minimum Gasteiger partial charge on any atom is -0.352 e. The molecule has 112 valence electrons. The zero-order chi connectivity index (χ0) is 15.5. The fourth-order valence-electron chi connectivity index (χ4n) is 1.98. The van der Waals surface area contributed by atoms with Gasteiger partial charge in [-0.2, -0.15) is 13.2 Å². The molecule has 0 radical (unpaired) electrons. The molecule has 0 spiro atoms. The minimum absolute atomic E-state index is 0.139. The molecule has 0 aliphatic rings. The Bertz CT molecular complexity index is 550. The number of carbonyl (C=O) groups is 1. The lowest BCUT2D eigenvalue weighted by Gasteiger charge is -2.18. The molecule has 4 nitrogen and oxygen atoms in total. The summed E-state index contributed by atoms with van der Waals surface area (Å²) in [7, 11) is 0. The van der Waals surface area contributed by atoms with Crippen LogP contribution in [0.15, 0.2) is 16.9 Å². The number of halogens is 3. The van der Waals surface area contributed by atoms with E-state index in [0.29, 0.717) is 18.2 Å². The van der Waals surface area contributed by atoms with Gasteiger partial charge in [0, 0.05) is 31.3 Å². The van der Waals surface area contributed by atoms with Gasteiger partial charge in [0.15, 0.2) is 0 Å². The van der Waals surface area contributed by atoms with Crippen molar-refractivity contribution in [3.63, 3.8) is 0 Å². The number of aryl methyl sites for hydroxylation is 1. The molecule has 0 aromatic carbocycles. The van der Waals surface area contributed by atoms with E-state index in [2.05, 4.69) is 5.32 Å². The van der Waals surface area contributed by atoms with E-state index < -0.39 is 17.3 Å². The quantitative estimate of drug-likeness (QED) is 0.921. The normalized spacial score (nSPS) is 13.1. The van der Waals surface area contributed by atoms with E-state index in [1.165, 1.54) is 11.5 Å². The number of hydrogen-bond acceptors (Lipinski definition) is 2. The highest BCUT2D eigenvalue weighted by molar-refractivity contribution is 5.73. The van der Waals surface area contributed by atoms with Gasteiger partial charge >= 0.3 is 6.18 Å². The number of rotatable bonds is 4. The number of hydrogen-bond donors (Lipinski definition) is 1. The Morgan fingerprint density at radius 2 is 2.00 bits per heavy atom. The maximum absolute atomic E-state index is 12.6. The molecule has 1 rings (SSSR count). The van der Waals surface area contributed by atoms with Crippen LogP contribution >= 0.6 is 0 Å². The fourth-order valence-corrected chi connectivity index (χ4v) is 1.98. The van der Waals surface area contributed by atoms with Gasteiger partial charge in [-0.1, -0.05) is 6.92 Å². The number of nitrogens with one attached hydrogen (secondary N) is 1. The van der Waals surface area contributed by atoms with Gasteiger partial charge in [-0.15, -0.1) is 0 Å². The molecule has 0 saturated carbocycles. The second kappa shape index (κ2) is 6.11. The first-order valence-electron chi connectivity index (χ1n) is 6.23. The lowest BCUT2D eigenvalue weighted by atomic mass is 10.1. The third kappa shape index (κ3) is 4.11. The van der Waals surface area contributed by atoms with Crippen molar-refractivity contribution in [3.05, 3.63) is 33.7 Å². The smallest absolute Gasteiger partial charge is 0.352 e. The number of alkyl halides is 3. The van der Waals surface area contributed by atoms with E-state index in [4.69, 9.17) is 0 Å². The zero-order valence-electron chi connectivity index (χ0n) is 11.5. The van der Waals surface area contributed by atoms with Crippen molar-refractivity contribution in [3.8, 4) is 0 Å². The summed E-state index contributed by atoms with van der Waals surface area (Å²) in [6, 6.07) is 1.22. The van der Waals surface area contributed by atoms with Crippen LogP contribution in [0.1, 0.15) is 32.0 Å². The molecule has 0 aliphatic heterocycles. The third-order valence-corrected chi connectivity index (χ3v) is 2.81. The van der Waals surface area contributed by atoms with Gasteiger partial charge in [0.25, 0.3) is 5.56 Å². The molecular weight excluding hydrogens is 273 g/mol. The zero-order valence-corrected chi connectivity index (χ0v) is 11.5. The molecule has 1 unspecified atom stereocenters. The average Bonchev–Trinajstić information content (AvgIpc) is 2.28. The van der Waals surface area contributed by atoms with E-state index in [0.717, 1.165) is 6.07 Å². The monoisotopic (exact) mass is 290 g/mol. The van der Waals surface area contributed by atoms with E-state index in [1.807, 2.05) is 0 Å². The van der Waals surface area contributed by atoms with Crippen LogP contribution in [0.5, 0.6) is 0 Å². The summed E-state index contributed by atoms with van der Waals surface area (Å²) in [6.45, 7) is 4.84. The van der Waals surface area contributed by atoms with Gasteiger partial charge in [0.05, 0.1) is 5.56 Å². The molecular formula is C13H17F3N2O2. The molecule has 1 atom stereocenters. The Kier molecular flexibility index (Phi) is 4.97. The highest BCUT2D eigenvalue weighted by Crippen LogP contribution is 2.28. The molecule has 20 heavy (non-hydrogen) atoms. The summed E-state index contributed by atoms with van der Waals surface area (Å²) >= 11 is 0. The summed E-state index contributed by atoms with van der Waals surface area (Å²) in [5, 5.41) is 2.59. The molecule has 1 aromatic heterocycles. The third-order valence-electron chi connectivity index (χ3n) is 2.81. The standard InChI is InChI=1S/C13H17F3N2O2/c1-4-11-5-10(13(14,15)16)6-12(20)18(11)7-8(2)17-9(3)19/h5-6,8H,4,7H2,1-3H3,(H,17,19). The van der Waals surface area contributed by atoms with Gasteiger partial charge in [-0.3, -0.25) is 9.59 Å². The number of nitrogens with zero attached hydrogens (tertiary/aromatic N) is 1. The summed E-state index contributed by atoms with van der Waals surface area (Å²) in [6.07, 6.45) is -4.24. The van der Waals surface area contributed by atoms with Crippen molar-refractivity contribution >= 4 is 5.91 Å². The molecule has 0 saturated heterocycles. The largest absolute Gasteiger partial charge is 0.416 e. The van der Waals surface area contributed by atoms with Crippen LogP contribution in [0.2, 0.25) is 0 Å². The molecule has 0 aliphatic carbocycles. The van der Waals surface area contributed by atoms with Gasteiger partial charge in [-0.05, 0) is 19.4 Å². The summed E-state index contributed by atoms with van der Waals surface area (Å²) in [5.41, 5.74) is -1.36. The van der Waals surface area contributed by atoms with Crippen molar-refractivity contribution in [2.24, 2.45) is 0 Å². The first-order valence-corrected chi connectivity index (χ1v) is 6.23. The summed E-state index contributed by atoms with van der Waals surface area (Å²) < 4.78 is 39.2. The van der Waals surface area contributed by atoms with Crippen LogP contribution in [0.3, 0.4) is 0 Å². The summed E-state index contributed by atoms with van der Waals surface area (Å²) in [5.74, 6) is -0.254. The van der Waals surface area contributed by atoms with Crippen molar-refractivity contribution in [1.29, 1.82) is 0 Å². The first kappa shape index (κ1) is 16.3. The molecule has 1 N–H and O–H groups in total. The Morgan fingerprint density at radius 1 is 1.40 bits per heavy atom. The maximum atomic E-state index is 12.6. The van der Waals surface area contributed by atoms with E-state index >= 15 is 0 Å². The van der Waals surface area contributed by atoms with Crippen LogP contribution in [-0.2, 0) is 23.9 Å². The van der Waals surface area contributed by atoms with E-state index in [-0.39, 0.29) is 18.5 Å². The van der Waals surface area contributed by atoms with Crippen molar-refractivity contribution in [1.82, 2.24) is 9.88 Å². The van der Waals surface area contributed by atoms with E-state index in [9.17, 15) is 22.8 Å². The Labute approximate surface area is 114 Å². The van der Waals surface area contributed by atoms with Crippen LogP contribution in [0, 0.1) is 0 Å². The highest BCUT2D eigenvalue weighted by atomic mass is 19.4. The van der Waals surface area contributed by atoms with Gasteiger partial charge in [0.1, 0.15) is 0 Å². The second-order valence-electron chi connectivity index (χ2n) is 4.64. The van der Waals surface area contributed by atoms with Crippen LogP contribution < -0.4 is 10.9 Å². The fraction of sp³-hybridized carbons (Fsp3) is 0.538. The van der Waals surface area contributed by atoms with Gasteiger partial charge in [0.2, 0.25) is 5.91 Å². The average molecular weight is 290 g/mol.